The van der Waals surface area contributed by atoms with Crippen LogP contribution in [-0.4, -0.2) is 24.2 Å². The van der Waals surface area contributed by atoms with E-state index in [1.165, 1.54) is 7.11 Å². The summed E-state index contributed by atoms with van der Waals surface area (Å²) in [5.41, 5.74) is 0.314. The molecule has 0 aliphatic heterocycles. The van der Waals surface area contributed by atoms with Gasteiger partial charge in [-0.2, -0.15) is 0 Å². The average Bonchev–Trinajstić information content (AvgIpc) is 2.73. The molecule has 0 amide bonds. The number of aliphatic hydroxyl groups is 1. The van der Waals surface area contributed by atoms with Gasteiger partial charge in [-0.15, -0.1) is 0 Å². The Bertz CT molecular complexity index is 796. The van der Waals surface area contributed by atoms with Gasteiger partial charge in [-0.3, -0.25) is 0 Å². The van der Waals surface area contributed by atoms with E-state index in [0.717, 1.165) is 0 Å². The number of carbonyl (C=O) groups excluding carboxylic acids is 1. The molecule has 0 saturated heterocycles. The minimum atomic E-state index is -1.61. The van der Waals surface area contributed by atoms with E-state index < -0.39 is 17.6 Å². The topological polar surface area (TPSA) is 58.6 Å². The first kappa shape index (κ1) is 17.7. The lowest BCUT2D eigenvalue weighted by Crippen LogP contribution is -2.50. The van der Waals surface area contributed by atoms with E-state index in [0.29, 0.717) is 16.8 Å². The van der Waals surface area contributed by atoms with Crippen molar-refractivity contribution in [2.45, 2.75) is 11.6 Å². The van der Waals surface area contributed by atoms with E-state index in [4.69, 9.17) is 4.74 Å². The molecule has 3 aromatic carbocycles. The van der Waals surface area contributed by atoms with Crippen LogP contribution in [0.3, 0.4) is 0 Å². The first-order valence-electron chi connectivity index (χ1n) is 8.39. The Morgan fingerprint density at radius 3 is 1.69 bits per heavy atom. The summed E-state index contributed by atoms with van der Waals surface area (Å²) in [6.45, 7) is 0. The number of carbonyl (C=O) groups is 1. The highest BCUT2D eigenvalue weighted by Crippen LogP contribution is 2.35. The third kappa shape index (κ3) is 3.46. The molecular formula is C22H21NO3. The summed E-state index contributed by atoms with van der Waals surface area (Å²) in [4.78, 5) is 12.7. The Kier molecular flexibility index (Phi) is 5.34. The van der Waals surface area contributed by atoms with E-state index in [1.54, 1.807) is 24.3 Å². The number of methoxy groups -OCH3 is 1. The Morgan fingerprint density at radius 1 is 0.846 bits per heavy atom. The molecule has 132 valence electrons. The zero-order valence-electron chi connectivity index (χ0n) is 14.5. The second-order valence-corrected chi connectivity index (χ2v) is 5.96. The first-order valence-corrected chi connectivity index (χ1v) is 8.39. The van der Waals surface area contributed by atoms with Crippen molar-refractivity contribution in [3.8, 4) is 0 Å². The fourth-order valence-electron chi connectivity index (χ4n) is 3.04. The van der Waals surface area contributed by atoms with Gasteiger partial charge >= 0.3 is 5.97 Å². The van der Waals surface area contributed by atoms with Crippen molar-refractivity contribution in [3.05, 3.63) is 102 Å². The standard InChI is InChI=1S/C22H21NO3/c1-26-21(24)20(23-19-15-9-4-10-16-19)22(25,17-11-5-2-6-12-17)18-13-7-3-8-14-18/h2-16,20,23,25H,1H3. The number of ether oxygens (including phenoxy) is 1. The fraction of sp³-hybridized carbons (Fsp3) is 0.136. The molecule has 0 aliphatic rings. The predicted molar refractivity (Wildman–Crippen MR) is 102 cm³/mol. The van der Waals surface area contributed by atoms with Gasteiger partial charge in [-0.1, -0.05) is 78.9 Å². The van der Waals surface area contributed by atoms with Crippen LogP contribution in [0.1, 0.15) is 11.1 Å². The Balaban J connectivity index is 2.15. The second kappa shape index (κ2) is 7.85. The molecular weight excluding hydrogens is 326 g/mol. The van der Waals surface area contributed by atoms with Crippen molar-refractivity contribution >= 4 is 11.7 Å². The molecule has 4 nitrogen and oxygen atoms in total. The summed E-state index contributed by atoms with van der Waals surface area (Å²) in [5.74, 6) is -0.552. The number of nitrogens with one attached hydrogen (secondary N) is 1. The smallest absolute Gasteiger partial charge is 0.332 e. The SMILES string of the molecule is COC(=O)C(Nc1ccccc1)C(O)(c1ccccc1)c1ccccc1. The minimum absolute atomic E-state index is 0.552. The summed E-state index contributed by atoms with van der Waals surface area (Å²) >= 11 is 0. The lowest BCUT2D eigenvalue weighted by Gasteiger charge is -2.36. The van der Waals surface area contributed by atoms with Crippen LogP contribution in [0.4, 0.5) is 5.69 Å². The number of benzene rings is 3. The summed E-state index contributed by atoms with van der Waals surface area (Å²) in [7, 11) is 1.32. The van der Waals surface area contributed by atoms with Crippen LogP contribution in [0.15, 0.2) is 91.0 Å². The molecule has 3 aromatic rings. The van der Waals surface area contributed by atoms with E-state index in [2.05, 4.69) is 5.32 Å². The third-order valence-corrected chi connectivity index (χ3v) is 4.37. The third-order valence-electron chi connectivity index (χ3n) is 4.37. The van der Waals surface area contributed by atoms with Gasteiger partial charge in [0.2, 0.25) is 0 Å². The highest BCUT2D eigenvalue weighted by Gasteiger charge is 2.45. The molecule has 2 N–H and O–H groups in total. The zero-order valence-corrected chi connectivity index (χ0v) is 14.5. The minimum Gasteiger partial charge on any atom is -0.467 e. The normalized spacial score (nSPS) is 12.2. The van der Waals surface area contributed by atoms with Gasteiger partial charge < -0.3 is 15.2 Å². The Morgan fingerprint density at radius 2 is 1.27 bits per heavy atom. The lowest BCUT2D eigenvalue weighted by atomic mass is 9.80. The maximum Gasteiger partial charge on any atom is 0.332 e. The van der Waals surface area contributed by atoms with Gasteiger partial charge in [-0.25, -0.2) is 4.79 Å². The van der Waals surface area contributed by atoms with Crippen molar-refractivity contribution in [1.82, 2.24) is 0 Å². The molecule has 0 spiro atoms. The van der Waals surface area contributed by atoms with Crippen LogP contribution < -0.4 is 5.32 Å². The van der Waals surface area contributed by atoms with Gasteiger partial charge in [0.15, 0.2) is 6.04 Å². The summed E-state index contributed by atoms with van der Waals surface area (Å²) < 4.78 is 5.01. The lowest BCUT2D eigenvalue weighted by molar-refractivity contribution is -0.146. The molecule has 0 heterocycles. The largest absolute Gasteiger partial charge is 0.467 e. The highest BCUT2D eigenvalue weighted by molar-refractivity contribution is 5.82. The molecule has 1 unspecified atom stereocenters. The molecule has 0 aliphatic carbocycles. The molecule has 0 radical (unpaired) electrons. The fourth-order valence-corrected chi connectivity index (χ4v) is 3.04. The van der Waals surface area contributed by atoms with Crippen molar-refractivity contribution in [3.63, 3.8) is 0 Å². The van der Waals surface area contributed by atoms with Crippen molar-refractivity contribution < 1.29 is 14.6 Å². The Hall–Kier alpha value is -3.11. The summed E-state index contributed by atoms with van der Waals surface area (Å²) in [5, 5.41) is 15.0. The molecule has 4 heteroatoms. The molecule has 0 fully saturated rings. The van der Waals surface area contributed by atoms with Gasteiger partial charge in [0, 0.05) is 5.69 Å². The second-order valence-electron chi connectivity index (χ2n) is 5.96. The van der Waals surface area contributed by atoms with Crippen LogP contribution >= 0.6 is 0 Å². The van der Waals surface area contributed by atoms with Crippen molar-refractivity contribution in [2.75, 3.05) is 12.4 Å². The quantitative estimate of drug-likeness (QED) is 0.669. The average molecular weight is 347 g/mol. The van der Waals surface area contributed by atoms with Crippen LogP contribution in [0.5, 0.6) is 0 Å². The van der Waals surface area contributed by atoms with Crippen molar-refractivity contribution in [2.24, 2.45) is 0 Å². The van der Waals surface area contributed by atoms with Gasteiger partial charge in [0.1, 0.15) is 5.60 Å². The maximum absolute atomic E-state index is 12.7. The van der Waals surface area contributed by atoms with E-state index in [9.17, 15) is 9.90 Å². The molecule has 1 atom stereocenters. The highest BCUT2D eigenvalue weighted by atomic mass is 16.5. The van der Waals surface area contributed by atoms with Crippen LogP contribution in [0.2, 0.25) is 0 Å². The number of rotatable bonds is 6. The first-order chi connectivity index (χ1) is 12.7. The van der Waals surface area contributed by atoms with Crippen LogP contribution in [-0.2, 0) is 15.1 Å². The predicted octanol–water partition coefficient (Wildman–Crippen LogP) is 3.58. The number of hydrogen-bond donors (Lipinski definition) is 2. The molecule has 26 heavy (non-hydrogen) atoms. The zero-order chi connectivity index (χ0) is 18.4. The number of esters is 1. The van der Waals surface area contributed by atoms with Gasteiger partial charge in [0.25, 0.3) is 0 Å². The molecule has 0 saturated carbocycles. The van der Waals surface area contributed by atoms with Crippen LogP contribution in [0, 0.1) is 0 Å². The summed E-state index contributed by atoms with van der Waals surface area (Å²) in [6.07, 6.45) is 0. The van der Waals surface area contributed by atoms with E-state index >= 15 is 0 Å². The van der Waals surface area contributed by atoms with Crippen molar-refractivity contribution in [1.29, 1.82) is 0 Å². The van der Waals surface area contributed by atoms with E-state index in [1.807, 2.05) is 66.7 Å². The van der Waals surface area contributed by atoms with E-state index in [-0.39, 0.29) is 0 Å². The monoisotopic (exact) mass is 347 g/mol. The van der Waals surface area contributed by atoms with Gasteiger partial charge in [-0.05, 0) is 23.3 Å². The van der Waals surface area contributed by atoms with Gasteiger partial charge in [0.05, 0.1) is 7.11 Å². The van der Waals surface area contributed by atoms with Crippen LogP contribution in [0.25, 0.3) is 0 Å². The summed E-state index contributed by atoms with van der Waals surface area (Å²) in [6, 6.07) is 26.5. The molecule has 0 bridgehead atoms. The number of anilines is 1. The molecule has 3 rings (SSSR count). The Labute approximate surface area is 153 Å². The molecule has 0 aromatic heterocycles. The number of para-hydroxylation sites is 1. The number of hydrogen-bond acceptors (Lipinski definition) is 4. The maximum atomic E-state index is 12.7.